The fourth-order valence-electron chi connectivity index (χ4n) is 6.22. The summed E-state index contributed by atoms with van der Waals surface area (Å²) in [6, 6.07) is 8.76. The molecule has 0 saturated heterocycles. The summed E-state index contributed by atoms with van der Waals surface area (Å²) in [5, 5.41) is 1.11. The third-order valence-electron chi connectivity index (χ3n) is 9.99. The minimum absolute atomic E-state index is 0.0593. The lowest BCUT2D eigenvalue weighted by atomic mass is 9.85. The number of alkyl halides is 1. The number of hydrogen-bond donors (Lipinski definition) is 0. The predicted octanol–water partition coefficient (Wildman–Crippen LogP) is 12.4. The molecule has 0 radical (unpaired) electrons. The number of pyridine rings is 1. The lowest BCUT2D eigenvalue weighted by molar-refractivity contribution is 0.0253. The van der Waals surface area contributed by atoms with Crippen LogP contribution in [0, 0.1) is 17.8 Å². The van der Waals surface area contributed by atoms with Gasteiger partial charge in [0.1, 0.15) is 6.17 Å². The molecule has 0 N–H and O–H groups in total. The molecule has 45 heavy (non-hydrogen) atoms. The molecule has 0 fully saturated rings. The summed E-state index contributed by atoms with van der Waals surface area (Å²) in [6.45, 7) is 20.6. The highest BCUT2D eigenvalue weighted by molar-refractivity contribution is 5.98. The highest BCUT2D eigenvalue weighted by Gasteiger charge is 2.23. The van der Waals surface area contributed by atoms with Crippen LogP contribution in [0.25, 0.3) is 16.5 Å². The standard InChI is InChI=1S/C42H60FNO/c1-10-15-36(33(8)28-45-34(9)12-3)19-14-18-35-21-23-42-40(26-35)38(24-25-44-42)39-27-41(43)32(7)20-22-37(39)31(6)17-13-16-30(5)29(4)11-2/h13,16-17,21-27,32-34,36,41H,10-12,14-15,18-20,28H2,1-9H3/b16-13-,30-29?,31-17+. The van der Waals surface area contributed by atoms with Gasteiger partial charge in [0.05, 0.1) is 11.6 Å². The number of aryl methyl sites for hydroxylation is 1. The van der Waals surface area contributed by atoms with E-state index in [4.69, 9.17) is 9.72 Å². The number of ether oxygens (including phenoxy) is 1. The Morgan fingerprint density at radius 1 is 1.09 bits per heavy atom. The van der Waals surface area contributed by atoms with E-state index in [0.29, 0.717) is 24.4 Å². The van der Waals surface area contributed by atoms with E-state index in [9.17, 15) is 0 Å². The minimum Gasteiger partial charge on any atom is -0.378 e. The Bertz CT molecular complexity index is 1390. The summed E-state index contributed by atoms with van der Waals surface area (Å²) in [5.74, 6) is 1.19. The van der Waals surface area contributed by atoms with Crippen molar-refractivity contribution in [2.45, 2.75) is 126 Å². The van der Waals surface area contributed by atoms with Gasteiger partial charge in [-0.25, -0.2) is 4.39 Å². The summed E-state index contributed by atoms with van der Waals surface area (Å²) in [7, 11) is 0. The van der Waals surface area contributed by atoms with Crippen molar-refractivity contribution >= 4 is 16.5 Å². The first-order valence-corrected chi connectivity index (χ1v) is 17.7. The number of fused-ring (bicyclic) bond motifs is 1. The van der Waals surface area contributed by atoms with Gasteiger partial charge in [-0.3, -0.25) is 4.98 Å². The van der Waals surface area contributed by atoms with Crippen molar-refractivity contribution in [2.24, 2.45) is 17.8 Å². The average Bonchev–Trinajstić information content (AvgIpc) is 3.19. The number of rotatable bonds is 16. The number of hydrogen-bond acceptors (Lipinski definition) is 2. The Hall–Kier alpha value is -2.78. The topological polar surface area (TPSA) is 22.1 Å². The van der Waals surface area contributed by atoms with Gasteiger partial charge in [0, 0.05) is 18.2 Å². The van der Waals surface area contributed by atoms with Gasteiger partial charge in [-0.15, -0.1) is 0 Å². The molecule has 1 heterocycles. The smallest absolute Gasteiger partial charge is 0.122 e. The highest BCUT2D eigenvalue weighted by Crippen LogP contribution is 2.38. The van der Waals surface area contributed by atoms with Crippen LogP contribution in [0.4, 0.5) is 4.39 Å². The zero-order chi connectivity index (χ0) is 32.9. The second kappa shape index (κ2) is 18.4. The molecule has 3 heteroatoms. The monoisotopic (exact) mass is 613 g/mol. The number of halogens is 1. The third kappa shape index (κ3) is 10.6. The number of benzene rings is 1. The maximum absolute atomic E-state index is 15.5. The van der Waals surface area contributed by atoms with Gasteiger partial charge in [-0.1, -0.05) is 89.0 Å². The molecule has 0 amide bonds. The second-order valence-electron chi connectivity index (χ2n) is 13.6. The molecule has 1 aliphatic carbocycles. The van der Waals surface area contributed by atoms with Gasteiger partial charge in [0.15, 0.2) is 0 Å². The number of nitrogens with zero attached hydrogens (tertiary/aromatic N) is 1. The Morgan fingerprint density at radius 2 is 1.87 bits per heavy atom. The van der Waals surface area contributed by atoms with Crippen LogP contribution >= 0.6 is 0 Å². The largest absolute Gasteiger partial charge is 0.378 e. The Kier molecular flexibility index (Phi) is 15.0. The molecule has 5 unspecified atom stereocenters. The van der Waals surface area contributed by atoms with Gasteiger partial charge in [-0.05, 0) is 136 Å². The first-order valence-electron chi connectivity index (χ1n) is 17.7. The summed E-state index contributed by atoms with van der Waals surface area (Å²) < 4.78 is 21.6. The summed E-state index contributed by atoms with van der Waals surface area (Å²) in [5.41, 5.74) is 9.29. The quantitative estimate of drug-likeness (QED) is 0.176. The van der Waals surface area contributed by atoms with E-state index in [1.807, 2.05) is 19.2 Å². The molecule has 1 aromatic carbocycles. The zero-order valence-electron chi connectivity index (χ0n) is 29.8. The van der Waals surface area contributed by atoms with E-state index in [0.717, 1.165) is 65.5 Å². The van der Waals surface area contributed by atoms with E-state index in [-0.39, 0.29) is 5.92 Å². The van der Waals surface area contributed by atoms with Crippen LogP contribution in [0.2, 0.25) is 0 Å². The maximum Gasteiger partial charge on any atom is 0.122 e. The fraction of sp³-hybridized carbons (Fsp3) is 0.548. The van der Waals surface area contributed by atoms with Gasteiger partial charge in [-0.2, -0.15) is 0 Å². The molecule has 5 atom stereocenters. The summed E-state index contributed by atoms with van der Waals surface area (Å²) in [4.78, 5) is 4.71. The SMILES string of the molecule is CCCC(CCCc1ccc2nccc(C3=CC(F)C(C)CC=C3/C(C)=C/C=C\C(C)=C(C)CC)c2c1)C(C)COC(C)CC. The van der Waals surface area contributed by atoms with Crippen LogP contribution in [0.15, 0.2) is 83.1 Å². The Balaban J connectivity index is 1.89. The van der Waals surface area contributed by atoms with Crippen molar-refractivity contribution in [2.75, 3.05) is 6.61 Å². The fourth-order valence-corrected chi connectivity index (χ4v) is 6.22. The number of aromatic nitrogens is 1. The van der Waals surface area contributed by atoms with Crippen molar-refractivity contribution in [1.29, 1.82) is 0 Å². The first kappa shape index (κ1) is 36.7. The first-order chi connectivity index (χ1) is 21.6. The number of allylic oxidation sites excluding steroid dienone is 10. The van der Waals surface area contributed by atoms with Gasteiger partial charge >= 0.3 is 0 Å². The molecule has 3 rings (SSSR count). The third-order valence-corrected chi connectivity index (χ3v) is 9.99. The Morgan fingerprint density at radius 3 is 2.58 bits per heavy atom. The molecule has 0 saturated carbocycles. The van der Waals surface area contributed by atoms with E-state index in [1.54, 1.807) is 0 Å². The zero-order valence-corrected chi connectivity index (χ0v) is 29.8. The van der Waals surface area contributed by atoms with Gasteiger partial charge in [0.25, 0.3) is 0 Å². The van der Waals surface area contributed by atoms with E-state index in [2.05, 4.69) is 104 Å². The van der Waals surface area contributed by atoms with Crippen LogP contribution in [0.1, 0.15) is 118 Å². The van der Waals surface area contributed by atoms with Crippen LogP contribution in [0.3, 0.4) is 0 Å². The van der Waals surface area contributed by atoms with E-state index < -0.39 is 6.17 Å². The summed E-state index contributed by atoms with van der Waals surface area (Å²) in [6.07, 6.45) is 20.5. The maximum atomic E-state index is 15.5. The molecule has 0 aliphatic heterocycles. The molecular weight excluding hydrogens is 553 g/mol. The molecule has 2 aromatic rings. The van der Waals surface area contributed by atoms with Crippen molar-refractivity contribution in [3.63, 3.8) is 0 Å². The van der Waals surface area contributed by atoms with Crippen LogP contribution in [-0.4, -0.2) is 23.9 Å². The molecule has 246 valence electrons. The lowest BCUT2D eigenvalue weighted by Crippen LogP contribution is -2.20. The van der Waals surface area contributed by atoms with Crippen molar-refractivity contribution in [1.82, 2.24) is 4.98 Å². The van der Waals surface area contributed by atoms with Crippen LogP contribution in [0.5, 0.6) is 0 Å². The average molecular weight is 614 g/mol. The summed E-state index contributed by atoms with van der Waals surface area (Å²) >= 11 is 0. The second-order valence-corrected chi connectivity index (χ2v) is 13.6. The predicted molar refractivity (Wildman–Crippen MR) is 194 cm³/mol. The van der Waals surface area contributed by atoms with Gasteiger partial charge < -0.3 is 4.74 Å². The molecule has 0 bridgehead atoms. The van der Waals surface area contributed by atoms with Crippen LogP contribution < -0.4 is 0 Å². The van der Waals surface area contributed by atoms with E-state index >= 15 is 4.39 Å². The van der Waals surface area contributed by atoms with Crippen LogP contribution in [-0.2, 0) is 11.2 Å². The van der Waals surface area contributed by atoms with Crippen molar-refractivity contribution in [3.8, 4) is 0 Å². The molecule has 1 aliphatic rings. The minimum atomic E-state index is -0.998. The molecule has 2 nitrogen and oxygen atoms in total. The molecule has 1 aromatic heterocycles. The van der Waals surface area contributed by atoms with Gasteiger partial charge in [0.2, 0.25) is 0 Å². The Labute approximate surface area is 274 Å². The highest BCUT2D eigenvalue weighted by atomic mass is 19.1. The normalized spacial score (nSPS) is 20.4. The van der Waals surface area contributed by atoms with Crippen molar-refractivity contribution in [3.05, 3.63) is 94.3 Å². The molecular formula is C42H60FNO. The lowest BCUT2D eigenvalue weighted by Gasteiger charge is -2.25. The van der Waals surface area contributed by atoms with E-state index in [1.165, 1.54) is 36.0 Å². The van der Waals surface area contributed by atoms with Crippen molar-refractivity contribution < 1.29 is 9.13 Å². The molecule has 0 spiro atoms.